The Bertz CT molecular complexity index is 436. The van der Waals surface area contributed by atoms with Gasteiger partial charge in [-0.2, -0.15) is 0 Å². The van der Waals surface area contributed by atoms with Crippen LogP contribution < -0.4 is 26.6 Å². The minimum absolute atomic E-state index is 0.170. The number of nitrogens with one attached hydrogen (secondary N) is 5. The molecule has 150 valence electrons. The lowest BCUT2D eigenvalue weighted by molar-refractivity contribution is -0.142. The topological polar surface area (TPSA) is 135 Å². The van der Waals surface area contributed by atoms with Gasteiger partial charge >= 0.3 is 5.97 Å². The van der Waals surface area contributed by atoms with Crippen LogP contribution in [0.4, 0.5) is 0 Å². The second-order valence-electron chi connectivity index (χ2n) is 6.17. The summed E-state index contributed by atoms with van der Waals surface area (Å²) in [5, 5.41) is 24.4. The number of hydrogen-bond donors (Lipinski definition) is 6. The van der Waals surface area contributed by atoms with Crippen molar-refractivity contribution in [2.45, 2.75) is 19.4 Å². The normalized spacial score (nSPS) is 18.8. The first-order valence-electron chi connectivity index (χ1n) is 9.11. The zero-order valence-electron chi connectivity index (χ0n) is 15.5. The molecule has 0 aromatic heterocycles. The molecule has 1 aliphatic rings. The maximum Gasteiger partial charge on any atom is 0.305 e. The first-order valence-corrected chi connectivity index (χ1v) is 9.11. The van der Waals surface area contributed by atoms with Gasteiger partial charge in [-0.1, -0.05) is 0 Å². The van der Waals surface area contributed by atoms with Gasteiger partial charge in [0.05, 0.1) is 12.5 Å². The highest BCUT2D eigenvalue weighted by atomic mass is 16.4. The predicted octanol–water partition coefficient (Wildman–Crippen LogP) is -2.83. The van der Waals surface area contributed by atoms with Gasteiger partial charge in [-0.3, -0.25) is 19.3 Å². The monoisotopic (exact) mass is 372 g/mol. The Kier molecular flexibility index (Phi) is 11.5. The summed E-state index contributed by atoms with van der Waals surface area (Å²) in [6, 6.07) is -0.741. The van der Waals surface area contributed by atoms with Crippen molar-refractivity contribution >= 4 is 17.8 Å². The zero-order valence-corrected chi connectivity index (χ0v) is 15.5. The van der Waals surface area contributed by atoms with Gasteiger partial charge in [0.2, 0.25) is 11.8 Å². The van der Waals surface area contributed by atoms with Crippen LogP contribution in [-0.4, -0.2) is 99.3 Å². The van der Waals surface area contributed by atoms with E-state index in [2.05, 4.69) is 26.6 Å². The summed E-state index contributed by atoms with van der Waals surface area (Å²) in [5.74, 6) is -1.51. The molecule has 0 aromatic carbocycles. The maximum absolute atomic E-state index is 12.5. The van der Waals surface area contributed by atoms with E-state index in [1.165, 1.54) is 6.92 Å². The third-order valence-corrected chi connectivity index (χ3v) is 4.02. The Morgan fingerprint density at radius 2 is 1.42 bits per heavy atom. The first-order chi connectivity index (χ1) is 12.5. The molecule has 0 saturated carbocycles. The molecule has 0 radical (unpaired) electrons. The largest absolute Gasteiger partial charge is 0.481 e. The molecule has 0 bridgehead atoms. The molecule has 0 aliphatic carbocycles. The van der Waals surface area contributed by atoms with E-state index in [4.69, 9.17) is 0 Å². The molecule has 1 saturated heterocycles. The number of aliphatic carboxylic acids is 1. The van der Waals surface area contributed by atoms with Crippen molar-refractivity contribution in [1.29, 1.82) is 0 Å². The summed E-state index contributed by atoms with van der Waals surface area (Å²) in [6.45, 7) is 7.88. The van der Waals surface area contributed by atoms with Gasteiger partial charge in [-0.25, -0.2) is 0 Å². The standard InChI is InChI=1S/C16H32N6O4/c1-13(23)20-6-7-21-16(26)14(12-15(24)25)22-10-8-18-4-2-17-3-5-19-9-11-22/h14,17-19H,2-12H2,1H3,(H,20,23)(H,21,26)(H,24,25). The van der Waals surface area contributed by atoms with E-state index in [-0.39, 0.29) is 24.8 Å². The van der Waals surface area contributed by atoms with E-state index in [1.807, 2.05) is 4.90 Å². The molecule has 1 heterocycles. The highest BCUT2D eigenvalue weighted by Crippen LogP contribution is 2.05. The lowest BCUT2D eigenvalue weighted by Crippen LogP contribution is -2.53. The van der Waals surface area contributed by atoms with Gasteiger partial charge in [0, 0.05) is 72.4 Å². The van der Waals surface area contributed by atoms with Gasteiger partial charge in [0.1, 0.15) is 0 Å². The fourth-order valence-corrected chi connectivity index (χ4v) is 2.69. The lowest BCUT2D eigenvalue weighted by Gasteiger charge is -2.30. The minimum atomic E-state index is -1.01. The van der Waals surface area contributed by atoms with Crippen LogP contribution in [0.15, 0.2) is 0 Å². The van der Waals surface area contributed by atoms with Gasteiger partial charge in [-0.05, 0) is 0 Å². The van der Waals surface area contributed by atoms with Crippen LogP contribution in [0.1, 0.15) is 13.3 Å². The molecule has 1 atom stereocenters. The van der Waals surface area contributed by atoms with Crippen molar-refractivity contribution in [3.05, 3.63) is 0 Å². The number of carbonyl (C=O) groups is 3. The molecule has 6 N–H and O–H groups in total. The molecule has 10 heteroatoms. The summed E-state index contributed by atoms with van der Waals surface area (Å²) in [7, 11) is 0. The molecule has 0 aromatic rings. The van der Waals surface area contributed by atoms with E-state index in [0.29, 0.717) is 32.7 Å². The van der Waals surface area contributed by atoms with E-state index in [9.17, 15) is 19.5 Å². The average molecular weight is 372 g/mol. The number of carbonyl (C=O) groups excluding carboxylic acids is 2. The number of amides is 2. The van der Waals surface area contributed by atoms with Gasteiger partial charge < -0.3 is 31.7 Å². The summed E-state index contributed by atoms with van der Waals surface area (Å²) in [6.07, 6.45) is -0.256. The van der Waals surface area contributed by atoms with Gasteiger partial charge in [0.15, 0.2) is 0 Å². The smallest absolute Gasteiger partial charge is 0.305 e. The average Bonchev–Trinajstić information content (AvgIpc) is 2.57. The van der Waals surface area contributed by atoms with E-state index < -0.39 is 12.0 Å². The quantitative estimate of drug-likeness (QED) is 0.263. The number of nitrogens with zero attached hydrogens (tertiary/aromatic N) is 1. The summed E-state index contributed by atoms with van der Waals surface area (Å²) in [4.78, 5) is 36.5. The highest BCUT2D eigenvalue weighted by Gasteiger charge is 2.27. The molecular weight excluding hydrogens is 340 g/mol. The Morgan fingerprint density at radius 1 is 0.923 bits per heavy atom. The van der Waals surface area contributed by atoms with Crippen molar-refractivity contribution in [3.8, 4) is 0 Å². The summed E-state index contributed by atoms with van der Waals surface area (Å²) >= 11 is 0. The predicted molar refractivity (Wildman–Crippen MR) is 97.9 cm³/mol. The fourth-order valence-electron chi connectivity index (χ4n) is 2.69. The lowest BCUT2D eigenvalue weighted by atomic mass is 10.1. The molecule has 1 aliphatic heterocycles. The van der Waals surface area contributed by atoms with Gasteiger partial charge in [0.25, 0.3) is 0 Å². The first kappa shape index (κ1) is 22.3. The van der Waals surface area contributed by atoms with Crippen LogP contribution >= 0.6 is 0 Å². The van der Waals surface area contributed by atoms with Crippen molar-refractivity contribution in [1.82, 2.24) is 31.5 Å². The minimum Gasteiger partial charge on any atom is -0.481 e. The Hall–Kier alpha value is -1.75. The van der Waals surface area contributed by atoms with Crippen LogP contribution in [0.2, 0.25) is 0 Å². The van der Waals surface area contributed by atoms with Crippen LogP contribution in [0.3, 0.4) is 0 Å². The van der Waals surface area contributed by atoms with Crippen molar-refractivity contribution < 1.29 is 19.5 Å². The number of rotatable bonds is 7. The third-order valence-electron chi connectivity index (χ3n) is 4.02. The van der Waals surface area contributed by atoms with Crippen LogP contribution in [0.5, 0.6) is 0 Å². The SMILES string of the molecule is CC(=O)NCCNC(=O)C(CC(=O)O)N1CCNCCNCCNCC1. The Balaban J connectivity index is 2.63. The van der Waals surface area contributed by atoms with E-state index in [0.717, 1.165) is 26.2 Å². The van der Waals surface area contributed by atoms with E-state index in [1.54, 1.807) is 0 Å². The van der Waals surface area contributed by atoms with Gasteiger partial charge in [-0.15, -0.1) is 0 Å². The molecule has 0 spiro atoms. The van der Waals surface area contributed by atoms with Crippen molar-refractivity contribution in [2.24, 2.45) is 0 Å². The second-order valence-corrected chi connectivity index (χ2v) is 6.17. The number of carboxylic acid groups (broad SMARTS) is 1. The molecule has 1 fully saturated rings. The fraction of sp³-hybridized carbons (Fsp3) is 0.812. The van der Waals surface area contributed by atoms with Crippen LogP contribution in [-0.2, 0) is 14.4 Å². The molecule has 1 unspecified atom stereocenters. The second kappa shape index (κ2) is 13.5. The van der Waals surface area contributed by atoms with E-state index >= 15 is 0 Å². The molecule has 2 amide bonds. The Morgan fingerprint density at radius 3 is 1.92 bits per heavy atom. The Labute approximate surface area is 154 Å². The van der Waals surface area contributed by atoms with Crippen molar-refractivity contribution in [3.63, 3.8) is 0 Å². The highest BCUT2D eigenvalue weighted by molar-refractivity contribution is 5.86. The maximum atomic E-state index is 12.5. The summed E-state index contributed by atoms with van der Waals surface area (Å²) < 4.78 is 0. The number of carboxylic acids is 1. The molecule has 26 heavy (non-hydrogen) atoms. The molecular formula is C16H32N6O4. The zero-order chi connectivity index (χ0) is 19.2. The summed E-state index contributed by atoms with van der Waals surface area (Å²) in [5.41, 5.74) is 0. The number of hydrogen-bond acceptors (Lipinski definition) is 7. The van der Waals surface area contributed by atoms with Crippen LogP contribution in [0, 0.1) is 0 Å². The van der Waals surface area contributed by atoms with Crippen molar-refractivity contribution in [2.75, 3.05) is 65.4 Å². The molecule has 1 rings (SSSR count). The molecule has 10 nitrogen and oxygen atoms in total. The van der Waals surface area contributed by atoms with Crippen LogP contribution in [0.25, 0.3) is 0 Å². The third kappa shape index (κ3) is 10.3.